The van der Waals surface area contributed by atoms with Crippen molar-refractivity contribution in [1.82, 2.24) is 4.90 Å². The Morgan fingerprint density at radius 3 is 2.59 bits per heavy atom. The second-order valence-electron chi connectivity index (χ2n) is 9.20. The van der Waals surface area contributed by atoms with Crippen molar-refractivity contribution in [2.75, 3.05) is 5.32 Å². The molecule has 0 aromatic heterocycles. The molecule has 34 heavy (non-hydrogen) atoms. The van der Waals surface area contributed by atoms with Crippen molar-refractivity contribution in [1.29, 1.82) is 0 Å². The minimum Gasteiger partial charge on any atom is -0.377 e. The van der Waals surface area contributed by atoms with Gasteiger partial charge >= 0.3 is 0 Å². The number of fused-ring (bicyclic) bond motifs is 2. The van der Waals surface area contributed by atoms with E-state index < -0.39 is 10.0 Å². The number of aryl methyl sites for hydroxylation is 1. The Kier molecular flexibility index (Phi) is 5.67. The molecule has 0 spiro atoms. The Bertz CT molecular complexity index is 1420. The molecule has 0 radical (unpaired) electrons. The number of sulfonamides is 1. The first kappa shape index (κ1) is 22.9. The summed E-state index contributed by atoms with van der Waals surface area (Å²) in [7, 11) is -3.87. The van der Waals surface area contributed by atoms with Gasteiger partial charge in [-0.15, -0.1) is 0 Å². The number of hydrogen-bond donors (Lipinski definition) is 2. The molecular weight excluding hydrogens is 470 g/mol. The number of para-hydroxylation sites is 1. The summed E-state index contributed by atoms with van der Waals surface area (Å²) < 4.78 is 24.1. The maximum Gasteiger partial charge on any atom is 0.254 e. The normalized spacial score (nSPS) is 18.1. The molecule has 2 unspecified atom stereocenters. The Morgan fingerprint density at radius 1 is 1.09 bits per heavy atom. The second-order valence-corrected chi connectivity index (χ2v) is 11.2. The van der Waals surface area contributed by atoms with E-state index in [0.717, 1.165) is 35.1 Å². The van der Waals surface area contributed by atoms with Gasteiger partial charge in [-0.05, 0) is 84.8 Å². The fourth-order valence-electron chi connectivity index (χ4n) is 5.22. The van der Waals surface area contributed by atoms with Crippen LogP contribution in [0, 0.1) is 6.92 Å². The number of benzene rings is 3. The zero-order chi connectivity index (χ0) is 24.2. The summed E-state index contributed by atoms with van der Waals surface area (Å²) in [6.45, 7) is 4.46. The third-order valence-corrected chi connectivity index (χ3v) is 8.00. The quantitative estimate of drug-likeness (QED) is 0.541. The van der Waals surface area contributed by atoms with Crippen LogP contribution in [0.5, 0.6) is 0 Å². The molecular formula is C26H26ClN3O3S. The van der Waals surface area contributed by atoms with Gasteiger partial charge in [-0.1, -0.05) is 35.9 Å². The van der Waals surface area contributed by atoms with Crippen LogP contribution in [0.1, 0.15) is 51.1 Å². The first-order valence-electron chi connectivity index (χ1n) is 11.2. The topological polar surface area (TPSA) is 92.5 Å². The van der Waals surface area contributed by atoms with Crippen LogP contribution < -0.4 is 10.5 Å². The lowest BCUT2D eigenvalue weighted by Crippen LogP contribution is -2.36. The largest absolute Gasteiger partial charge is 0.377 e. The molecule has 0 fully saturated rings. The lowest BCUT2D eigenvalue weighted by Gasteiger charge is -2.24. The number of hydrogen-bond acceptors (Lipinski definition) is 4. The highest BCUT2D eigenvalue weighted by molar-refractivity contribution is 7.89. The standard InChI is InChI=1S/C26H26ClN3O3S/c1-15-9-21(16(2)29-24-5-3-4-6-25(24)34(28,32)33)23-14-30(26(31)22(23)10-15)20-12-17-7-8-19(27)11-18(17)13-20/h3-11,16,20,29H,12-14H2,1-2H3,(H2,28,32,33). The van der Waals surface area contributed by atoms with Gasteiger partial charge in [0.1, 0.15) is 4.90 Å². The van der Waals surface area contributed by atoms with Gasteiger partial charge in [0.2, 0.25) is 10.0 Å². The van der Waals surface area contributed by atoms with Crippen LogP contribution in [-0.2, 0) is 29.4 Å². The van der Waals surface area contributed by atoms with Crippen LogP contribution in [0.2, 0.25) is 5.02 Å². The molecule has 6 nitrogen and oxygen atoms in total. The van der Waals surface area contributed by atoms with Gasteiger partial charge in [0.05, 0.1) is 5.69 Å². The lowest BCUT2D eigenvalue weighted by atomic mass is 9.95. The van der Waals surface area contributed by atoms with Crippen LogP contribution in [0.15, 0.2) is 59.5 Å². The van der Waals surface area contributed by atoms with Crippen LogP contribution >= 0.6 is 11.6 Å². The molecule has 8 heteroatoms. The Balaban J connectivity index is 1.44. The number of carbonyl (C=O) groups is 1. The van der Waals surface area contributed by atoms with Crippen LogP contribution in [0.4, 0.5) is 5.69 Å². The first-order valence-corrected chi connectivity index (χ1v) is 13.1. The number of carbonyl (C=O) groups excluding carboxylic acids is 1. The third kappa shape index (κ3) is 4.08. The molecule has 2 atom stereocenters. The zero-order valence-electron chi connectivity index (χ0n) is 19.0. The molecule has 1 aliphatic carbocycles. The van der Waals surface area contributed by atoms with E-state index in [1.165, 1.54) is 17.2 Å². The van der Waals surface area contributed by atoms with Crippen molar-refractivity contribution >= 4 is 33.2 Å². The summed E-state index contributed by atoms with van der Waals surface area (Å²) in [6, 6.07) is 16.4. The number of amides is 1. The molecule has 2 aliphatic rings. The predicted octanol–water partition coefficient (Wildman–Crippen LogP) is 4.59. The zero-order valence-corrected chi connectivity index (χ0v) is 20.6. The van der Waals surface area contributed by atoms with Crippen molar-refractivity contribution in [2.45, 2.75) is 50.2 Å². The highest BCUT2D eigenvalue weighted by Crippen LogP contribution is 2.37. The van der Waals surface area contributed by atoms with Crippen LogP contribution in [0.3, 0.4) is 0 Å². The molecule has 0 saturated heterocycles. The van der Waals surface area contributed by atoms with Gasteiger partial charge < -0.3 is 10.2 Å². The Hall–Kier alpha value is -2.87. The molecule has 1 amide bonds. The smallest absolute Gasteiger partial charge is 0.254 e. The number of nitrogens with two attached hydrogens (primary N) is 1. The Labute approximate surface area is 204 Å². The molecule has 5 rings (SSSR count). The number of anilines is 1. The van der Waals surface area contributed by atoms with Gasteiger partial charge in [-0.25, -0.2) is 13.6 Å². The van der Waals surface area contributed by atoms with E-state index >= 15 is 0 Å². The van der Waals surface area contributed by atoms with Gasteiger partial charge in [0, 0.05) is 29.2 Å². The lowest BCUT2D eigenvalue weighted by molar-refractivity contribution is 0.0710. The summed E-state index contributed by atoms with van der Waals surface area (Å²) in [4.78, 5) is 15.5. The van der Waals surface area contributed by atoms with Gasteiger partial charge in [-0.2, -0.15) is 0 Å². The number of nitrogens with zero attached hydrogens (tertiary/aromatic N) is 1. The molecule has 0 bridgehead atoms. The molecule has 1 heterocycles. The number of halogens is 1. The van der Waals surface area contributed by atoms with E-state index in [9.17, 15) is 13.2 Å². The average molecular weight is 496 g/mol. The minimum absolute atomic E-state index is 0.0426. The van der Waals surface area contributed by atoms with Crippen LogP contribution in [-0.4, -0.2) is 25.3 Å². The van der Waals surface area contributed by atoms with Crippen LogP contribution in [0.25, 0.3) is 0 Å². The first-order chi connectivity index (χ1) is 16.1. The number of nitrogens with one attached hydrogen (secondary N) is 1. The van der Waals surface area contributed by atoms with Gasteiger partial charge in [-0.3, -0.25) is 4.79 Å². The Morgan fingerprint density at radius 2 is 1.82 bits per heavy atom. The van der Waals surface area contributed by atoms with Crippen molar-refractivity contribution in [2.24, 2.45) is 5.14 Å². The maximum absolute atomic E-state index is 13.5. The van der Waals surface area contributed by atoms with E-state index in [1.54, 1.807) is 18.2 Å². The summed E-state index contributed by atoms with van der Waals surface area (Å²) in [5.41, 5.74) is 6.55. The molecule has 0 saturated carbocycles. The molecule has 1 aliphatic heterocycles. The van der Waals surface area contributed by atoms with Gasteiger partial charge in [0.25, 0.3) is 5.91 Å². The summed E-state index contributed by atoms with van der Waals surface area (Å²) in [5.74, 6) is 0.0426. The van der Waals surface area contributed by atoms with E-state index in [2.05, 4.69) is 17.4 Å². The average Bonchev–Trinajstić information content (AvgIpc) is 3.33. The van der Waals surface area contributed by atoms with Crippen molar-refractivity contribution < 1.29 is 13.2 Å². The van der Waals surface area contributed by atoms with E-state index in [-0.39, 0.29) is 22.9 Å². The fraction of sp³-hybridized carbons (Fsp3) is 0.269. The molecule has 3 aromatic rings. The maximum atomic E-state index is 13.5. The van der Waals surface area contributed by atoms with Crippen molar-refractivity contribution in [3.63, 3.8) is 0 Å². The van der Waals surface area contributed by atoms with E-state index in [4.69, 9.17) is 16.7 Å². The van der Waals surface area contributed by atoms with E-state index in [1.807, 2.05) is 36.9 Å². The SMILES string of the molecule is Cc1cc2c(c(C(C)Nc3ccccc3S(N)(=O)=O)c1)CN(C1Cc3ccc(Cl)cc3C1)C2=O. The summed E-state index contributed by atoms with van der Waals surface area (Å²) in [6.07, 6.45) is 1.61. The molecule has 3 N–H and O–H groups in total. The number of primary sulfonamides is 1. The molecule has 3 aromatic carbocycles. The van der Waals surface area contributed by atoms with Crippen molar-refractivity contribution in [3.05, 3.63) is 93.0 Å². The number of rotatable bonds is 5. The molecule has 176 valence electrons. The predicted molar refractivity (Wildman–Crippen MR) is 134 cm³/mol. The highest BCUT2D eigenvalue weighted by Gasteiger charge is 2.37. The van der Waals surface area contributed by atoms with Crippen molar-refractivity contribution in [3.8, 4) is 0 Å². The third-order valence-electron chi connectivity index (χ3n) is 6.80. The second kappa shape index (κ2) is 8.41. The summed E-state index contributed by atoms with van der Waals surface area (Å²) in [5, 5.41) is 9.43. The highest BCUT2D eigenvalue weighted by atomic mass is 35.5. The van der Waals surface area contributed by atoms with E-state index in [0.29, 0.717) is 17.3 Å². The fourth-order valence-corrected chi connectivity index (χ4v) is 6.12. The minimum atomic E-state index is -3.87. The van der Waals surface area contributed by atoms with Gasteiger partial charge in [0.15, 0.2) is 0 Å². The summed E-state index contributed by atoms with van der Waals surface area (Å²) >= 11 is 6.18. The monoisotopic (exact) mass is 495 g/mol.